The monoisotopic (exact) mass is 275 g/mol. The second kappa shape index (κ2) is 5.83. The van der Waals surface area contributed by atoms with E-state index in [1.165, 1.54) is 26.2 Å². The number of alkyl halides is 2. The van der Waals surface area contributed by atoms with Crippen LogP contribution in [0, 0.1) is 0 Å². The molecule has 0 bridgehead atoms. The van der Waals surface area contributed by atoms with Crippen LogP contribution in [0.15, 0.2) is 18.2 Å². The van der Waals surface area contributed by atoms with Gasteiger partial charge in [0.25, 0.3) is 0 Å². The van der Waals surface area contributed by atoms with E-state index in [0.29, 0.717) is 0 Å². The summed E-state index contributed by atoms with van der Waals surface area (Å²) >= 11 is 0. The van der Waals surface area contributed by atoms with Gasteiger partial charge >= 0.3 is 11.9 Å². The first kappa shape index (κ1) is 15.2. The van der Waals surface area contributed by atoms with E-state index in [1.54, 1.807) is 0 Å². The van der Waals surface area contributed by atoms with Gasteiger partial charge in [-0.2, -0.15) is 8.78 Å². The van der Waals surface area contributed by atoms with Crippen molar-refractivity contribution < 1.29 is 28.2 Å². The van der Waals surface area contributed by atoms with Gasteiger partial charge in [0.05, 0.1) is 13.7 Å². The molecule has 0 aliphatic rings. The highest BCUT2D eigenvalue weighted by Gasteiger charge is 2.48. The molecule has 0 fully saturated rings. The lowest BCUT2D eigenvalue weighted by molar-refractivity contribution is -0.174. The number of carbonyl (C=O) groups is 1. The van der Waals surface area contributed by atoms with Gasteiger partial charge in [0.2, 0.25) is 0 Å². The fourth-order valence-electron chi connectivity index (χ4n) is 1.46. The van der Waals surface area contributed by atoms with E-state index in [0.717, 1.165) is 6.07 Å². The van der Waals surface area contributed by atoms with Crippen LogP contribution >= 0.6 is 0 Å². The summed E-state index contributed by atoms with van der Waals surface area (Å²) in [5, 5.41) is 9.62. The van der Waals surface area contributed by atoms with Gasteiger partial charge in [0, 0.05) is 11.6 Å². The SMILES string of the molecule is CCOC(=O)C(F)(F)[C@@H](N)c1ccc(OC)cc1O. The molecule has 0 amide bonds. The Morgan fingerprint density at radius 1 is 1.53 bits per heavy atom. The van der Waals surface area contributed by atoms with Crippen LogP contribution < -0.4 is 10.5 Å². The van der Waals surface area contributed by atoms with Crippen LogP contribution in [0.25, 0.3) is 0 Å². The minimum Gasteiger partial charge on any atom is -0.507 e. The van der Waals surface area contributed by atoms with E-state index in [1.807, 2.05) is 0 Å². The molecule has 0 saturated heterocycles. The number of phenolic OH excluding ortho intramolecular Hbond substituents is 1. The molecule has 19 heavy (non-hydrogen) atoms. The molecule has 0 aromatic heterocycles. The van der Waals surface area contributed by atoms with Crippen LogP contribution in [0.2, 0.25) is 0 Å². The number of benzene rings is 1. The number of hydrogen-bond donors (Lipinski definition) is 2. The Balaban J connectivity index is 3.05. The minimum absolute atomic E-state index is 0.185. The van der Waals surface area contributed by atoms with Crippen molar-refractivity contribution in [2.24, 2.45) is 5.73 Å². The van der Waals surface area contributed by atoms with Crippen LogP contribution in [-0.2, 0) is 9.53 Å². The second-order valence-corrected chi connectivity index (χ2v) is 3.75. The first-order valence-corrected chi connectivity index (χ1v) is 5.52. The predicted molar refractivity (Wildman–Crippen MR) is 63.2 cm³/mol. The van der Waals surface area contributed by atoms with E-state index in [2.05, 4.69) is 4.74 Å². The topological polar surface area (TPSA) is 81.8 Å². The number of esters is 1. The summed E-state index contributed by atoms with van der Waals surface area (Å²) in [6.45, 7) is 1.22. The molecule has 0 aliphatic heterocycles. The third-order valence-electron chi connectivity index (χ3n) is 2.51. The van der Waals surface area contributed by atoms with Crippen LogP contribution in [0.5, 0.6) is 11.5 Å². The van der Waals surface area contributed by atoms with Crippen molar-refractivity contribution in [1.82, 2.24) is 0 Å². The van der Waals surface area contributed by atoms with Crippen molar-refractivity contribution in [2.45, 2.75) is 18.9 Å². The first-order chi connectivity index (χ1) is 8.84. The summed E-state index contributed by atoms with van der Waals surface area (Å²) in [4.78, 5) is 11.2. The Kier molecular flexibility index (Phi) is 4.66. The number of halogens is 2. The molecule has 0 unspecified atom stereocenters. The lowest BCUT2D eigenvalue weighted by Crippen LogP contribution is -2.41. The molecule has 1 aromatic carbocycles. The Morgan fingerprint density at radius 2 is 2.16 bits per heavy atom. The standard InChI is InChI=1S/C12H15F2NO4/c1-3-19-11(17)12(13,14)10(15)8-5-4-7(18-2)6-9(8)16/h4-6,10,16H,3,15H2,1-2H3/t10-/m0/s1. The number of rotatable bonds is 5. The number of carbonyl (C=O) groups excluding carboxylic acids is 1. The van der Waals surface area contributed by atoms with E-state index < -0.39 is 23.7 Å². The largest absolute Gasteiger partial charge is 0.507 e. The Labute approximate surface area is 108 Å². The molecule has 1 rings (SSSR count). The van der Waals surface area contributed by atoms with Gasteiger partial charge < -0.3 is 20.3 Å². The van der Waals surface area contributed by atoms with E-state index in [9.17, 15) is 18.7 Å². The van der Waals surface area contributed by atoms with E-state index in [4.69, 9.17) is 10.5 Å². The van der Waals surface area contributed by atoms with Gasteiger partial charge in [-0.15, -0.1) is 0 Å². The quantitative estimate of drug-likeness (QED) is 0.798. The number of aromatic hydroxyl groups is 1. The van der Waals surface area contributed by atoms with Gasteiger partial charge in [-0.05, 0) is 19.1 Å². The van der Waals surface area contributed by atoms with Crippen molar-refractivity contribution in [3.05, 3.63) is 23.8 Å². The van der Waals surface area contributed by atoms with Crippen LogP contribution in [-0.4, -0.2) is 30.7 Å². The maximum atomic E-state index is 13.7. The molecule has 0 radical (unpaired) electrons. The summed E-state index contributed by atoms with van der Waals surface area (Å²) < 4.78 is 36.5. The number of nitrogens with two attached hydrogens (primary N) is 1. The number of phenols is 1. The molecular weight excluding hydrogens is 260 g/mol. The molecule has 0 heterocycles. The Morgan fingerprint density at radius 3 is 2.63 bits per heavy atom. The zero-order valence-corrected chi connectivity index (χ0v) is 10.5. The molecule has 1 aromatic rings. The highest BCUT2D eigenvalue weighted by Crippen LogP contribution is 2.36. The maximum absolute atomic E-state index is 13.7. The van der Waals surface area contributed by atoms with Crippen molar-refractivity contribution >= 4 is 5.97 Å². The fourth-order valence-corrected chi connectivity index (χ4v) is 1.46. The normalized spacial score (nSPS) is 12.9. The lowest BCUT2D eigenvalue weighted by Gasteiger charge is -2.22. The minimum atomic E-state index is -3.93. The third-order valence-corrected chi connectivity index (χ3v) is 2.51. The van der Waals surface area contributed by atoms with Crippen LogP contribution in [0.1, 0.15) is 18.5 Å². The molecule has 3 N–H and O–H groups in total. The highest BCUT2D eigenvalue weighted by molar-refractivity contribution is 5.79. The smallest absolute Gasteiger partial charge is 0.379 e. The number of ether oxygens (including phenoxy) is 2. The molecule has 7 heteroatoms. The summed E-state index contributed by atoms with van der Waals surface area (Å²) in [7, 11) is 1.36. The van der Waals surface area contributed by atoms with Gasteiger partial charge in [0.15, 0.2) is 0 Å². The Bertz CT molecular complexity index is 465. The molecule has 0 aliphatic carbocycles. The summed E-state index contributed by atoms with van der Waals surface area (Å²) in [5.41, 5.74) is 5.08. The predicted octanol–water partition coefficient (Wildman–Crippen LogP) is 1.60. The molecule has 0 saturated carbocycles. The summed E-state index contributed by atoms with van der Waals surface area (Å²) in [5.74, 6) is -5.84. The van der Waals surface area contributed by atoms with Crippen molar-refractivity contribution in [2.75, 3.05) is 13.7 Å². The van der Waals surface area contributed by atoms with Gasteiger partial charge in [-0.1, -0.05) is 0 Å². The number of hydrogen-bond acceptors (Lipinski definition) is 5. The van der Waals surface area contributed by atoms with Gasteiger partial charge in [-0.3, -0.25) is 0 Å². The van der Waals surface area contributed by atoms with Gasteiger partial charge in [-0.25, -0.2) is 4.79 Å². The Hall–Kier alpha value is -1.89. The lowest BCUT2D eigenvalue weighted by atomic mass is 10.0. The third kappa shape index (κ3) is 3.11. The molecule has 5 nitrogen and oxygen atoms in total. The molecular formula is C12H15F2NO4. The second-order valence-electron chi connectivity index (χ2n) is 3.75. The van der Waals surface area contributed by atoms with E-state index in [-0.39, 0.29) is 17.9 Å². The first-order valence-electron chi connectivity index (χ1n) is 5.52. The van der Waals surface area contributed by atoms with Crippen LogP contribution in [0.4, 0.5) is 8.78 Å². The van der Waals surface area contributed by atoms with Gasteiger partial charge in [0.1, 0.15) is 17.5 Å². The molecule has 106 valence electrons. The zero-order chi connectivity index (χ0) is 14.6. The van der Waals surface area contributed by atoms with E-state index >= 15 is 0 Å². The summed E-state index contributed by atoms with van der Waals surface area (Å²) in [6, 6.07) is 1.66. The van der Waals surface area contributed by atoms with Crippen molar-refractivity contribution in [1.29, 1.82) is 0 Å². The summed E-state index contributed by atoms with van der Waals surface area (Å²) in [6.07, 6.45) is 0. The maximum Gasteiger partial charge on any atom is 0.379 e. The number of methoxy groups -OCH3 is 1. The molecule has 0 spiro atoms. The fraction of sp³-hybridized carbons (Fsp3) is 0.417. The average molecular weight is 275 g/mol. The molecule has 1 atom stereocenters. The zero-order valence-electron chi connectivity index (χ0n) is 10.5. The van der Waals surface area contributed by atoms with Crippen molar-refractivity contribution in [3.8, 4) is 11.5 Å². The van der Waals surface area contributed by atoms with Crippen LogP contribution in [0.3, 0.4) is 0 Å². The highest BCUT2D eigenvalue weighted by atomic mass is 19.3. The average Bonchev–Trinajstić information content (AvgIpc) is 2.37. The van der Waals surface area contributed by atoms with Crippen molar-refractivity contribution in [3.63, 3.8) is 0 Å².